The normalized spacial score (nSPS) is 10.8. The van der Waals surface area contributed by atoms with E-state index in [1.54, 1.807) is 31.1 Å². The molecule has 0 unspecified atom stereocenters. The molecular weight excluding hydrogens is 238 g/mol. The van der Waals surface area contributed by atoms with Gasteiger partial charge in [-0.3, -0.25) is 0 Å². The van der Waals surface area contributed by atoms with Crippen LogP contribution in [0.25, 0.3) is 11.5 Å². The zero-order valence-electron chi connectivity index (χ0n) is 10.1. The third-order valence-electron chi connectivity index (χ3n) is 2.48. The van der Waals surface area contributed by atoms with Crippen LogP contribution < -0.4 is 0 Å². The molecule has 8 heteroatoms. The SMILES string of the molecule is COCCn1nnc(C(=O)O)c1-c1nccn1C. The van der Waals surface area contributed by atoms with Gasteiger partial charge in [0.15, 0.2) is 5.82 Å². The molecule has 2 aromatic rings. The van der Waals surface area contributed by atoms with Gasteiger partial charge in [-0.1, -0.05) is 5.21 Å². The van der Waals surface area contributed by atoms with Crippen LogP contribution in [0.5, 0.6) is 0 Å². The van der Waals surface area contributed by atoms with E-state index in [0.717, 1.165) is 0 Å². The van der Waals surface area contributed by atoms with Crippen LogP contribution in [0.4, 0.5) is 0 Å². The molecule has 0 aliphatic heterocycles. The Kier molecular flexibility index (Phi) is 3.38. The number of nitrogens with zero attached hydrogens (tertiary/aromatic N) is 5. The quantitative estimate of drug-likeness (QED) is 0.805. The van der Waals surface area contributed by atoms with Crippen molar-refractivity contribution in [1.29, 1.82) is 0 Å². The molecule has 0 fully saturated rings. The van der Waals surface area contributed by atoms with Crippen molar-refractivity contribution >= 4 is 5.97 Å². The van der Waals surface area contributed by atoms with Crippen molar-refractivity contribution in [3.05, 3.63) is 18.1 Å². The summed E-state index contributed by atoms with van der Waals surface area (Å²) in [6.45, 7) is 0.832. The molecule has 0 radical (unpaired) electrons. The molecule has 1 N–H and O–H groups in total. The van der Waals surface area contributed by atoms with Gasteiger partial charge in [-0.25, -0.2) is 14.5 Å². The highest BCUT2D eigenvalue weighted by molar-refractivity contribution is 5.91. The van der Waals surface area contributed by atoms with Crippen LogP contribution in [0.15, 0.2) is 12.4 Å². The van der Waals surface area contributed by atoms with Gasteiger partial charge >= 0.3 is 5.97 Å². The number of hydrogen-bond acceptors (Lipinski definition) is 5. The van der Waals surface area contributed by atoms with Gasteiger partial charge in [-0.05, 0) is 0 Å². The molecule has 0 saturated carbocycles. The summed E-state index contributed by atoms with van der Waals surface area (Å²) in [7, 11) is 3.34. The Hall–Kier alpha value is -2.22. The van der Waals surface area contributed by atoms with Crippen molar-refractivity contribution < 1.29 is 14.6 Å². The zero-order chi connectivity index (χ0) is 13.1. The minimum Gasteiger partial charge on any atom is -0.476 e. The maximum absolute atomic E-state index is 11.1. The van der Waals surface area contributed by atoms with Gasteiger partial charge in [0.1, 0.15) is 5.69 Å². The largest absolute Gasteiger partial charge is 0.476 e. The van der Waals surface area contributed by atoms with Crippen LogP contribution >= 0.6 is 0 Å². The Labute approximate surface area is 103 Å². The second-order valence-electron chi connectivity index (χ2n) is 3.67. The number of carbonyl (C=O) groups is 1. The number of aromatic nitrogens is 5. The van der Waals surface area contributed by atoms with Crippen molar-refractivity contribution in [3.63, 3.8) is 0 Å². The fraction of sp³-hybridized carbons (Fsp3) is 0.400. The zero-order valence-corrected chi connectivity index (χ0v) is 10.1. The monoisotopic (exact) mass is 251 g/mol. The number of aromatic carboxylic acids is 1. The van der Waals surface area contributed by atoms with Gasteiger partial charge in [-0.2, -0.15) is 0 Å². The van der Waals surface area contributed by atoms with Crippen molar-refractivity contribution in [2.45, 2.75) is 6.54 Å². The van der Waals surface area contributed by atoms with Crippen molar-refractivity contribution in [3.8, 4) is 11.5 Å². The summed E-state index contributed by atoms with van der Waals surface area (Å²) >= 11 is 0. The molecule has 0 bridgehead atoms. The maximum atomic E-state index is 11.1. The molecular formula is C10H13N5O3. The Morgan fingerprint density at radius 2 is 2.33 bits per heavy atom. The highest BCUT2D eigenvalue weighted by Crippen LogP contribution is 2.19. The first-order chi connectivity index (χ1) is 8.65. The summed E-state index contributed by atoms with van der Waals surface area (Å²) in [6, 6.07) is 0. The second-order valence-corrected chi connectivity index (χ2v) is 3.67. The van der Waals surface area contributed by atoms with E-state index in [2.05, 4.69) is 15.3 Å². The molecule has 2 heterocycles. The molecule has 0 aliphatic rings. The molecule has 0 aliphatic carbocycles. The van der Waals surface area contributed by atoms with Crippen molar-refractivity contribution in [2.75, 3.05) is 13.7 Å². The van der Waals surface area contributed by atoms with E-state index in [4.69, 9.17) is 9.84 Å². The van der Waals surface area contributed by atoms with Crippen LogP contribution in [0.1, 0.15) is 10.5 Å². The summed E-state index contributed by atoms with van der Waals surface area (Å²) in [5.41, 5.74) is 0.271. The lowest BCUT2D eigenvalue weighted by Crippen LogP contribution is -2.10. The third-order valence-corrected chi connectivity index (χ3v) is 2.48. The number of hydrogen-bond donors (Lipinski definition) is 1. The van der Waals surface area contributed by atoms with E-state index in [9.17, 15) is 4.79 Å². The number of imidazole rings is 1. The molecule has 0 amide bonds. The number of ether oxygens (including phenoxy) is 1. The van der Waals surface area contributed by atoms with Gasteiger partial charge in [0, 0.05) is 26.6 Å². The average molecular weight is 251 g/mol. The van der Waals surface area contributed by atoms with Gasteiger partial charge < -0.3 is 14.4 Å². The predicted octanol–water partition coefficient (Wildman–Crippen LogP) is 0.0232. The van der Waals surface area contributed by atoms with Crippen LogP contribution in [-0.4, -0.2) is 49.3 Å². The van der Waals surface area contributed by atoms with E-state index >= 15 is 0 Å². The Morgan fingerprint density at radius 1 is 1.56 bits per heavy atom. The summed E-state index contributed by atoms with van der Waals surface area (Å²) in [4.78, 5) is 15.3. The van der Waals surface area contributed by atoms with Crippen molar-refractivity contribution in [1.82, 2.24) is 24.5 Å². The Morgan fingerprint density at radius 3 is 2.89 bits per heavy atom. The highest BCUT2D eigenvalue weighted by Gasteiger charge is 2.23. The summed E-state index contributed by atoms with van der Waals surface area (Å²) in [6.07, 6.45) is 3.32. The third kappa shape index (κ3) is 2.09. The Bertz CT molecular complexity index is 560. The van der Waals surface area contributed by atoms with E-state index in [1.165, 1.54) is 4.68 Å². The number of aryl methyl sites for hydroxylation is 1. The number of carboxylic acids is 1. The molecule has 0 saturated heterocycles. The molecule has 2 rings (SSSR count). The standard InChI is InChI=1S/C10H13N5O3/c1-14-4-3-11-9(14)8-7(10(16)17)12-13-15(8)5-6-18-2/h3-4H,5-6H2,1-2H3,(H,16,17). The van der Waals surface area contributed by atoms with Crippen molar-refractivity contribution in [2.24, 2.45) is 7.05 Å². The fourth-order valence-electron chi connectivity index (χ4n) is 1.61. The summed E-state index contributed by atoms with van der Waals surface area (Å²) < 4.78 is 8.15. The van der Waals surface area contributed by atoms with Crippen LogP contribution in [0.2, 0.25) is 0 Å². The summed E-state index contributed by atoms with van der Waals surface area (Å²) in [5.74, 6) is -0.620. The van der Waals surface area contributed by atoms with E-state index in [-0.39, 0.29) is 5.69 Å². The molecule has 96 valence electrons. The molecule has 2 aromatic heterocycles. The van der Waals surface area contributed by atoms with Crippen LogP contribution in [0, 0.1) is 0 Å². The van der Waals surface area contributed by atoms with E-state index in [0.29, 0.717) is 24.7 Å². The summed E-state index contributed by atoms with van der Waals surface area (Å²) in [5, 5.41) is 16.6. The van der Waals surface area contributed by atoms with Crippen LogP contribution in [-0.2, 0) is 18.3 Å². The number of carboxylic acid groups (broad SMARTS) is 1. The Balaban J connectivity index is 2.50. The average Bonchev–Trinajstić information content (AvgIpc) is 2.91. The van der Waals surface area contributed by atoms with Gasteiger partial charge in [0.2, 0.25) is 5.69 Å². The molecule has 18 heavy (non-hydrogen) atoms. The predicted molar refractivity (Wildman–Crippen MR) is 61.1 cm³/mol. The first kappa shape index (κ1) is 12.2. The molecule has 8 nitrogen and oxygen atoms in total. The first-order valence-electron chi connectivity index (χ1n) is 5.28. The lowest BCUT2D eigenvalue weighted by Gasteiger charge is -2.06. The first-order valence-corrected chi connectivity index (χ1v) is 5.28. The molecule has 0 aromatic carbocycles. The lowest BCUT2D eigenvalue weighted by atomic mass is 10.3. The smallest absolute Gasteiger partial charge is 0.358 e. The minimum atomic E-state index is -1.13. The van der Waals surface area contributed by atoms with Crippen LogP contribution in [0.3, 0.4) is 0 Å². The lowest BCUT2D eigenvalue weighted by molar-refractivity contribution is 0.0691. The van der Waals surface area contributed by atoms with Gasteiger partial charge in [0.25, 0.3) is 0 Å². The maximum Gasteiger partial charge on any atom is 0.358 e. The number of rotatable bonds is 5. The van der Waals surface area contributed by atoms with E-state index < -0.39 is 5.97 Å². The fourth-order valence-corrected chi connectivity index (χ4v) is 1.61. The molecule has 0 atom stereocenters. The minimum absolute atomic E-state index is 0.111. The molecule has 0 spiro atoms. The van der Waals surface area contributed by atoms with Gasteiger partial charge in [-0.15, -0.1) is 5.10 Å². The van der Waals surface area contributed by atoms with Gasteiger partial charge in [0.05, 0.1) is 13.2 Å². The number of methoxy groups -OCH3 is 1. The highest BCUT2D eigenvalue weighted by atomic mass is 16.5. The van der Waals surface area contributed by atoms with E-state index in [1.807, 2.05) is 0 Å². The topological polar surface area (TPSA) is 95.1 Å². The second kappa shape index (κ2) is 4.96.